The van der Waals surface area contributed by atoms with Gasteiger partial charge in [-0.1, -0.05) is 0 Å². The molecular formula is C11H16N4. The molecule has 1 aliphatic rings. The standard InChI is InChI=1S/C11H16N4/c1-13-6-10-7-15(9-14-10)8-11(2-3-11)4-5-12/h7,9,13H,2-4,6,8H2,1H3. The van der Waals surface area contributed by atoms with Crippen molar-refractivity contribution in [2.75, 3.05) is 7.05 Å². The van der Waals surface area contributed by atoms with Crippen LogP contribution in [-0.4, -0.2) is 16.6 Å². The Morgan fingerprint density at radius 2 is 2.47 bits per heavy atom. The summed E-state index contributed by atoms with van der Waals surface area (Å²) in [6.45, 7) is 1.75. The van der Waals surface area contributed by atoms with E-state index in [1.54, 1.807) is 0 Å². The summed E-state index contributed by atoms with van der Waals surface area (Å²) in [5, 5.41) is 11.8. The number of aromatic nitrogens is 2. The summed E-state index contributed by atoms with van der Waals surface area (Å²) < 4.78 is 2.11. The lowest BCUT2D eigenvalue weighted by molar-refractivity contribution is 0.431. The van der Waals surface area contributed by atoms with Gasteiger partial charge in [-0.25, -0.2) is 4.98 Å². The Kier molecular flexibility index (Phi) is 2.74. The minimum Gasteiger partial charge on any atom is -0.337 e. The third-order valence-corrected chi connectivity index (χ3v) is 2.97. The van der Waals surface area contributed by atoms with Crippen LogP contribution in [0, 0.1) is 16.7 Å². The topological polar surface area (TPSA) is 53.6 Å². The fourth-order valence-corrected chi connectivity index (χ4v) is 1.89. The van der Waals surface area contributed by atoms with Crippen molar-refractivity contribution in [3.8, 4) is 6.07 Å². The fourth-order valence-electron chi connectivity index (χ4n) is 1.89. The molecule has 1 aliphatic carbocycles. The van der Waals surface area contributed by atoms with Crippen molar-refractivity contribution in [1.82, 2.24) is 14.9 Å². The molecule has 0 aliphatic heterocycles. The minimum absolute atomic E-state index is 0.256. The van der Waals surface area contributed by atoms with Gasteiger partial charge in [0, 0.05) is 31.1 Å². The van der Waals surface area contributed by atoms with Gasteiger partial charge in [0.2, 0.25) is 0 Å². The molecule has 4 nitrogen and oxygen atoms in total. The minimum atomic E-state index is 0.256. The molecule has 0 unspecified atom stereocenters. The zero-order valence-electron chi connectivity index (χ0n) is 9.03. The first-order valence-corrected chi connectivity index (χ1v) is 5.30. The first-order chi connectivity index (χ1) is 7.28. The predicted molar refractivity (Wildman–Crippen MR) is 56.9 cm³/mol. The maximum atomic E-state index is 8.72. The van der Waals surface area contributed by atoms with Gasteiger partial charge < -0.3 is 9.88 Å². The molecule has 0 saturated heterocycles. The number of imidazole rings is 1. The first-order valence-electron chi connectivity index (χ1n) is 5.30. The Balaban J connectivity index is 1.96. The quantitative estimate of drug-likeness (QED) is 0.786. The summed E-state index contributed by atoms with van der Waals surface area (Å²) in [6, 6.07) is 2.28. The Hall–Kier alpha value is -1.34. The second-order valence-electron chi connectivity index (χ2n) is 4.40. The van der Waals surface area contributed by atoms with Crippen LogP contribution in [-0.2, 0) is 13.1 Å². The van der Waals surface area contributed by atoms with Crippen molar-refractivity contribution in [2.24, 2.45) is 5.41 Å². The summed E-state index contributed by atoms with van der Waals surface area (Å²) in [4.78, 5) is 4.30. The smallest absolute Gasteiger partial charge is 0.0950 e. The lowest BCUT2D eigenvalue weighted by atomic mass is 10.0. The molecule has 2 rings (SSSR count). The third kappa shape index (κ3) is 2.37. The van der Waals surface area contributed by atoms with E-state index in [1.165, 1.54) is 12.8 Å². The number of hydrogen-bond donors (Lipinski definition) is 1. The van der Waals surface area contributed by atoms with E-state index in [1.807, 2.05) is 13.4 Å². The number of hydrogen-bond acceptors (Lipinski definition) is 3. The van der Waals surface area contributed by atoms with E-state index >= 15 is 0 Å². The van der Waals surface area contributed by atoms with E-state index in [9.17, 15) is 0 Å². The molecule has 1 aromatic rings. The summed E-state index contributed by atoms with van der Waals surface area (Å²) in [6.07, 6.45) is 6.96. The van der Waals surface area contributed by atoms with Gasteiger partial charge >= 0.3 is 0 Å². The van der Waals surface area contributed by atoms with Crippen LogP contribution in [0.1, 0.15) is 25.0 Å². The number of rotatable bonds is 5. The molecule has 0 spiro atoms. The maximum Gasteiger partial charge on any atom is 0.0950 e. The molecule has 0 radical (unpaired) electrons. The van der Waals surface area contributed by atoms with Crippen LogP contribution in [0.2, 0.25) is 0 Å². The SMILES string of the molecule is CNCc1cn(CC2(CC#N)CC2)cn1. The summed E-state index contributed by atoms with van der Waals surface area (Å²) in [7, 11) is 1.91. The van der Waals surface area contributed by atoms with E-state index in [2.05, 4.69) is 27.1 Å². The monoisotopic (exact) mass is 204 g/mol. The molecular weight excluding hydrogens is 188 g/mol. The molecule has 0 aromatic carbocycles. The van der Waals surface area contributed by atoms with E-state index in [4.69, 9.17) is 5.26 Å². The molecule has 4 heteroatoms. The predicted octanol–water partition coefficient (Wildman–Crippen LogP) is 1.30. The Morgan fingerprint density at radius 1 is 1.67 bits per heavy atom. The lowest BCUT2D eigenvalue weighted by Gasteiger charge is -2.10. The molecule has 0 amide bonds. The summed E-state index contributed by atoms with van der Waals surface area (Å²) in [5.41, 5.74) is 1.32. The van der Waals surface area contributed by atoms with E-state index < -0.39 is 0 Å². The fraction of sp³-hybridized carbons (Fsp3) is 0.636. The van der Waals surface area contributed by atoms with Crippen LogP contribution in [0.25, 0.3) is 0 Å². The highest BCUT2D eigenvalue weighted by molar-refractivity contribution is 5.02. The van der Waals surface area contributed by atoms with Crippen molar-refractivity contribution in [1.29, 1.82) is 5.26 Å². The summed E-state index contributed by atoms with van der Waals surface area (Å²) >= 11 is 0. The van der Waals surface area contributed by atoms with Crippen LogP contribution in [0.15, 0.2) is 12.5 Å². The van der Waals surface area contributed by atoms with Crippen molar-refractivity contribution in [2.45, 2.75) is 32.4 Å². The van der Waals surface area contributed by atoms with Gasteiger partial charge in [-0.2, -0.15) is 5.26 Å². The van der Waals surface area contributed by atoms with Gasteiger partial charge in [0.05, 0.1) is 18.1 Å². The largest absolute Gasteiger partial charge is 0.337 e. The van der Waals surface area contributed by atoms with Crippen molar-refractivity contribution in [3.05, 3.63) is 18.2 Å². The number of nitrogens with one attached hydrogen (secondary N) is 1. The maximum absolute atomic E-state index is 8.72. The van der Waals surface area contributed by atoms with Crippen molar-refractivity contribution in [3.63, 3.8) is 0 Å². The number of nitrogens with zero attached hydrogens (tertiary/aromatic N) is 3. The molecule has 1 heterocycles. The normalized spacial score (nSPS) is 17.3. The average molecular weight is 204 g/mol. The van der Waals surface area contributed by atoms with E-state index in [0.717, 1.165) is 18.8 Å². The third-order valence-electron chi connectivity index (χ3n) is 2.97. The first kappa shape index (κ1) is 10.2. The van der Waals surface area contributed by atoms with Crippen LogP contribution in [0.3, 0.4) is 0 Å². The molecule has 1 N–H and O–H groups in total. The molecule has 80 valence electrons. The highest BCUT2D eigenvalue weighted by Gasteiger charge is 2.42. The molecule has 0 atom stereocenters. The zero-order chi connectivity index (χ0) is 10.7. The highest BCUT2D eigenvalue weighted by atomic mass is 15.1. The molecule has 1 saturated carbocycles. The molecule has 0 bridgehead atoms. The van der Waals surface area contributed by atoms with Crippen LogP contribution < -0.4 is 5.32 Å². The van der Waals surface area contributed by atoms with Gasteiger partial charge in [0.25, 0.3) is 0 Å². The van der Waals surface area contributed by atoms with Gasteiger partial charge in [-0.05, 0) is 19.9 Å². The molecule has 1 fully saturated rings. The van der Waals surface area contributed by atoms with E-state index in [-0.39, 0.29) is 5.41 Å². The number of nitriles is 1. The van der Waals surface area contributed by atoms with E-state index in [0.29, 0.717) is 6.42 Å². The molecule has 15 heavy (non-hydrogen) atoms. The Bertz CT molecular complexity index is 370. The van der Waals surface area contributed by atoms with Crippen LogP contribution in [0.5, 0.6) is 0 Å². The lowest BCUT2D eigenvalue weighted by Crippen LogP contribution is -2.10. The Morgan fingerprint density at radius 3 is 3.07 bits per heavy atom. The van der Waals surface area contributed by atoms with Crippen molar-refractivity contribution >= 4 is 0 Å². The highest BCUT2D eigenvalue weighted by Crippen LogP contribution is 2.49. The summed E-state index contributed by atoms with van der Waals surface area (Å²) in [5.74, 6) is 0. The van der Waals surface area contributed by atoms with Gasteiger partial charge in [0.15, 0.2) is 0 Å². The van der Waals surface area contributed by atoms with Crippen LogP contribution in [0.4, 0.5) is 0 Å². The average Bonchev–Trinajstić information content (AvgIpc) is 2.80. The van der Waals surface area contributed by atoms with Gasteiger partial charge in [0.1, 0.15) is 0 Å². The Labute approximate surface area is 89.9 Å². The van der Waals surface area contributed by atoms with Crippen LogP contribution >= 0.6 is 0 Å². The second-order valence-corrected chi connectivity index (χ2v) is 4.40. The van der Waals surface area contributed by atoms with Gasteiger partial charge in [-0.15, -0.1) is 0 Å². The zero-order valence-corrected chi connectivity index (χ0v) is 9.03. The van der Waals surface area contributed by atoms with Gasteiger partial charge in [-0.3, -0.25) is 0 Å². The second kappa shape index (κ2) is 4.03. The van der Waals surface area contributed by atoms with Crippen molar-refractivity contribution < 1.29 is 0 Å². The molecule has 1 aromatic heterocycles.